The third kappa shape index (κ3) is 3.98. The molecule has 0 spiro atoms. The number of anilines is 1. The van der Waals surface area contributed by atoms with Gasteiger partial charge in [0.1, 0.15) is 23.5 Å². The Kier molecular flexibility index (Phi) is 5.97. The number of ether oxygens (including phenoxy) is 2. The molecule has 0 saturated carbocycles. The zero-order valence-corrected chi connectivity index (χ0v) is 20.9. The van der Waals surface area contributed by atoms with E-state index in [0.717, 1.165) is 66.9 Å². The van der Waals surface area contributed by atoms with Crippen LogP contribution in [0.15, 0.2) is 37.2 Å². The van der Waals surface area contributed by atoms with Crippen molar-refractivity contribution in [2.45, 2.75) is 32.4 Å². The summed E-state index contributed by atoms with van der Waals surface area (Å²) in [6.45, 7) is 10.0. The van der Waals surface area contributed by atoms with E-state index in [1.165, 1.54) is 12.4 Å². The number of para-hydroxylation sites is 1. The summed E-state index contributed by atoms with van der Waals surface area (Å²) < 4.78 is 13.6. The van der Waals surface area contributed by atoms with Gasteiger partial charge in [-0.2, -0.15) is 0 Å². The predicted molar refractivity (Wildman–Crippen MR) is 141 cm³/mol. The zero-order chi connectivity index (χ0) is 25.5. The first-order valence-corrected chi connectivity index (χ1v) is 12.8. The number of nitrogens with two attached hydrogens (primary N) is 1. The maximum Gasteiger partial charge on any atom is 0.245 e. The summed E-state index contributed by atoms with van der Waals surface area (Å²) in [6.07, 6.45) is 4.89. The summed E-state index contributed by atoms with van der Waals surface area (Å²) >= 11 is 0. The fourth-order valence-electron chi connectivity index (χ4n) is 5.67. The topological polar surface area (TPSA) is 98.7 Å². The van der Waals surface area contributed by atoms with E-state index in [1.807, 2.05) is 23.1 Å². The van der Waals surface area contributed by atoms with Crippen molar-refractivity contribution in [3.05, 3.63) is 42.9 Å². The zero-order valence-electron chi connectivity index (χ0n) is 20.9. The van der Waals surface area contributed by atoms with Gasteiger partial charge in [-0.15, -0.1) is 0 Å². The Morgan fingerprint density at radius 1 is 1.24 bits per heavy atom. The fraction of sp³-hybridized carbons (Fsp3) is 0.393. The second-order valence-electron chi connectivity index (χ2n) is 9.65. The minimum atomic E-state index is 0.0271. The van der Waals surface area contributed by atoms with Gasteiger partial charge in [0.25, 0.3) is 0 Å². The number of aryl methyl sites for hydroxylation is 1. The first kappa shape index (κ1) is 23.4. The normalized spacial score (nSPS) is 17.9. The van der Waals surface area contributed by atoms with Crippen molar-refractivity contribution in [3.63, 3.8) is 0 Å². The average molecular weight is 499 g/mol. The Hall–Kier alpha value is -4.03. The van der Waals surface area contributed by atoms with Crippen molar-refractivity contribution in [1.82, 2.24) is 24.3 Å². The van der Waals surface area contributed by atoms with E-state index in [4.69, 9.17) is 15.2 Å². The van der Waals surface area contributed by atoms with Gasteiger partial charge in [-0.3, -0.25) is 9.69 Å². The second-order valence-corrected chi connectivity index (χ2v) is 9.65. The first-order valence-electron chi connectivity index (χ1n) is 12.8. The quantitative estimate of drug-likeness (QED) is 0.436. The molecule has 1 aromatic carbocycles. The number of benzene rings is 1. The highest BCUT2D eigenvalue weighted by atomic mass is 16.7. The monoisotopic (exact) mass is 498 g/mol. The number of carbonyl (C=O) groups excluding carboxylic acids is 1. The largest absolute Gasteiger partial charge is 0.454 e. The Morgan fingerprint density at radius 2 is 2.05 bits per heavy atom. The van der Waals surface area contributed by atoms with Gasteiger partial charge in [0, 0.05) is 55.8 Å². The molecule has 3 aliphatic rings. The van der Waals surface area contributed by atoms with Gasteiger partial charge in [-0.05, 0) is 37.8 Å². The average Bonchev–Trinajstić information content (AvgIpc) is 3.50. The Morgan fingerprint density at radius 3 is 2.81 bits per heavy atom. The number of likely N-dealkylation sites (tertiary alicyclic amines) is 2. The van der Waals surface area contributed by atoms with E-state index in [1.54, 1.807) is 0 Å². The van der Waals surface area contributed by atoms with Crippen LogP contribution in [-0.4, -0.2) is 69.3 Å². The minimum Gasteiger partial charge on any atom is -0.454 e. The van der Waals surface area contributed by atoms with E-state index in [-0.39, 0.29) is 18.6 Å². The van der Waals surface area contributed by atoms with E-state index >= 15 is 0 Å². The number of fused-ring (bicyclic) bond motifs is 2. The molecule has 9 heteroatoms. The summed E-state index contributed by atoms with van der Waals surface area (Å²) in [7, 11) is 0. The molecule has 3 aromatic rings. The van der Waals surface area contributed by atoms with Crippen molar-refractivity contribution in [2.24, 2.45) is 5.92 Å². The molecule has 1 amide bonds. The molecule has 2 aromatic heterocycles. The van der Waals surface area contributed by atoms with E-state index in [9.17, 15) is 4.79 Å². The van der Waals surface area contributed by atoms with Crippen LogP contribution in [0.25, 0.3) is 22.2 Å². The SMILES string of the molecule is C=CC(=O)N1CCC(N2CC(C#Cc3c(-c4cccc5c4OCO5)c4c(N)ncnc4n3CC)C2)CC1. The van der Waals surface area contributed by atoms with Crippen LogP contribution in [0.1, 0.15) is 25.5 Å². The Labute approximate surface area is 215 Å². The Balaban J connectivity index is 1.29. The molecule has 0 bridgehead atoms. The molecule has 0 unspecified atom stereocenters. The molecular formula is C28H30N6O3. The van der Waals surface area contributed by atoms with Gasteiger partial charge in [-0.25, -0.2) is 9.97 Å². The third-order valence-corrected chi connectivity index (χ3v) is 7.62. The molecule has 0 radical (unpaired) electrons. The summed E-state index contributed by atoms with van der Waals surface area (Å²) in [6, 6.07) is 6.36. The number of aromatic nitrogens is 3. The van der Waals surface area contributed by atoms with Crippen LogP contribution in [-0.2, 0) is 11.3 Å². The lowest BCUT2D eigenvalue weighted by Crippen LogP contribution is -2.55. The molecule has 2 N–H and O–H groups in total. The molecule has 6 rings (SSSR count). The molecular weight excluding hydrogens is 468 g/mol. The molecule has 0 atom stereocenters. The molecule has 3 aliphatic heterocycles. The van der Waals surface area contributed by atoms with Crippen molar-refractivity contribution in [3.8, 4) is 34.5 Å². The van der Waals surface area contributed by atoms with Gasteiger partial charge in [-0.1, -0.05) is 24.6 Å². The summed E-state index contributed by atoms with van der Waals surface area (Å²) in [5.74, 6) is 9.15. The highest BCUT2D eigenvalue weighted by molar-refractivity contribution is 6.05. The summed E-state index contributed by atoms with van der Waals surface area (Å²) in [5, 5.41) is 0.786. The van der Waals surface area contributed by atoms with Gasteiger partial charge in [0.05, 0.1) is 5.39 Å². The highest BCUT2D eigenvalue weighted by Crippen LogP contribution is 2.46. The number of nitrogen functional groups attached to an aromatic ring is 1. The van der Waals surface area contributed by atoms with Crippen LogP contribution in [0.5, 0.6) is 11.5 Å². The number of piperidine rings is 1. The molecule has 0 aliphatic carbocycles. The van der Waals surface area contributed by atoms with Crippen LogP contribution in [0.2, 0.25) is 0 Å². The predicted octanol–water partition coefficient (Wildman–Crippen LogP) is 2.89. The lowest BCUT2D eigenvalue weighted by molar-refractivity contribution is -0.127. The molecule has 2 saturated heterocycles. The first-order chi connectivity index (χ1) is 18.1. The molecule has 5 heterocycles. The van der Waals surface area contributed by atoms with Crippen LogP contribution in [0.3, 0.4) is 0 Å². The van der Waals surface area contributed by atoms with Crippen LogP contribution >= 0.6 is 0 Å². The van der Waals surface area contributed by atoms with Crippen molar-refractivity contribution >= 4 is 22.8 Å². The molecule has 37 heavy (non-hydrogen) atoms. The second kappa shape index (κ2) is 9.45. The molecule has 2 fully saturated rings. The number of hydrogen-bond donors (Lipinski definition) is 1. The number of nitrogens with zero attached hydrogens (tertiary/aromatic N) is 5. The highest BCUT2D eigenvalue weighted by Gasteiger charge is 2.34. The van der Waals surface area contributed by atoms with Gasteiger partial charge >= 0.3 is 0 Å². The standard InChI is InChI=1S/C28H30N6O3/c1-3-23(35)32-12-10-19(11-13-32)33-14-18(15-33)8-9-21-24(20-6-5-7-22-26(20)37-17-36-22)25-27(29)30-16-31-28(25)34(21)4-2/h3,5-7,16,18-19H,1,4,10-15,17H2,2H3,(H2,29,30,31). The van der Waals surface area contributed by atoms with Crippen LogP contribution in [0.4, 0.5) is 5.82 Å². The van der Waals surface area contributed by atoms with E-state index < -0.39 is 0 Å². The maximum absolute atomic E-state index is 11.9. The van der Waals surface area contributed by atoms with Crippen LogP contribution in [0, 0.1) is 17.8 Å². The molecule has 9 nitrogen and oxygen atoms in total. The number of amides is 1. The lowest BCUT2D eigenvalue weighted by Gasteiger charge is -2.45. The maximum atomic E-state index is 11.9. The van der Waals surface area contributed by atoms with Gasteiger partial charge in [0.15, 0.2) is 11.5 Å². The van der Waals surface area contributed by atoms with Crippen molar-refractivity contribution in [1.29, 1.82) is 0 Å². The molecule has 190 valence electrons. The van der Waals surface area contributed by atoms with Crippen LogP contribution < -0.4 is 15.2 Å². The number of carbonyl (C=O) groups is 1. The third-order valence-electron chi connectivity index (χ3n) is 7.62. The van der Waals surface area contributed by atoms with E-state index in [2.05, 4.69) is 44.8 Å². The number of hydrogen-bond acceptors (Lipinski definition) is 7. The van der Waals surface area contributed by atoms with E-state index in [0.29, 0.717) is 29.9 Å². The summed E-state index contributed by atoms with van der Waals surface area (Å²) in [5.41, 5.74) is 9.79. The van der Waals surface area contributed by atoms with Crippen molar-refractivity contribution in [2.75, 3.05) is 38.7 Å². The fourth-order valence-corrected chi connectivity index (χ4v) is 5.67. The number of rotatable bonds is 4. The lowest BCUT2D eigenvalue weighted by atomic mass is 9.93. The summed E-state index contributed by atoms with van der Waals surface area (Å²) in [4.78, 5) is 25.1. The minimum absolute atomic E-state index is 0.0271. The van der Waals surface area contributed by atoms with Gasteiger partial charge < -0.3 is 24.7 Å². The smallest absolute Gasteiger partial charge is 0.245 e. The van der Waals surface area contributed by atoms with Crippen molar-refractivity contribution < 1.29 is 14.3 Å². The Bertz CT molecular complexity index is 1440. The van der Waals surface area contributed by atoms with Gasteiger partial charge in [0.2, 0.25) is 12.7 Å².